The van der Waals surface area contributed by atoms with E-state index in [1.54, 1.807) is 38.4 Å². The number of methoxy groups -OCH3 is 1. The zero-order chi connectivity index (χ0) is 24.6. The molecule has 0 saturated heterocycles. The van der Waals surface area contributed by atoms with Crippen LogP contribution in [0, 0.1) is 20.8 Å². The average Bonchev–Trinajstić information content (AvgIpc) is 3.29. The van der Waals surface area contributed by atoms with Crippen LogP contribution in [0.15, 0.2) is 27.5 Å². The van der Waals surface area contributed by atoms with Crippen LogP contribution in [0.1, 0.15) is 39.3 Å². The molecule has 0 amide bonds. The number of Topliss-reactive ketones (excluding diaryl/α,β-unsaturated/α-hetero) is 1. The van der Waals surface area contributed by atoms with Crippen LogP contribution in [0.2, 0.25) is 0 Å². The number of nitrogens with one attached hydrogen (secondary N) is 2. The van der Waals surface area contributed by atoms with Crippen molar-refractivity contribution in [2.75, 3.05) is 20.1 Å². The van der Waals surface area contributed by atoms with Gasteiger partial charge in [-0.25, -0.2) is 0 Å². The van der Waals surface area contributed by atoms with Gasteiger partial charge in [0.1, 0.15) is 5.75 Å². The molecule has 0 aliphatic heterocycles. The first kappa shape index (κ1) is 26.6. The number of ketones is 1. The quantitative estimate of drug-likeness (QED) is 0.132. The van der Waals surface area contributed by atoms with Crippen LogP contribution in [0.3, 0.4) is 0 Å². The molecule has 1 atom stereocenters. The summed E-state index contributed by atoms with van der Waals surface area (Å²) in [5.74, 6) is 0.159. The number of thiazole rings is 1. The van der Waals surface area contributed by atoms with Crippen LogP contribution in [-0.4, -0.2) is 58.4 Å². The molecule has 0 saturated carbocycles. The third-order valence-corrected chi connectivity index (χ3v) is 7.48. The Morgan fingerprint density at radius 2 is 2.06 bits per heavy atom. The van der Waals surface area contributed by atoms with Gasteiger partial charge in [-0.3, -0.25) is 0 Å². The van der Waals surface area contributed by atoms with Gasteiger partial charge in [-0.15, -0.1) is 0 Å². The normalized spacial score (nSPS) is 12.8. The summed E-state index contributed by atoms with van der Waals surface area (Å²) in [5, 5.41) is 4.94. The molecule has 13 heteroatoms. The summed E-state index contributed by atoms with van der Waals surface area (Å²) in [7, 11) is -1.74. The summed E-state index contributed by atoms with van der Waals surface area (Å²) in [6.45, 7) is 5.37. The number of ether oxygens (including phenoxy) is 1. The van der Waals surface area contributed by atoms with E-state index in [0.29, 0.717) is 41.9 Å². The molecular weight excluding hydrogens is 465 g/mol. The van der Waals surface area contributed by atoms with Crippen LogP contribution in [0.4, 0.5) is 0 Å². The molecule has 33 heavy (non-hydrogen) atoms. The number of benzene rings is 1. The van der Waals surface area contributed by atoms with Crippen LogP contribution in [-0.2, 0) is 14.7 Å². The molecule has 0 spiro atoms. The first-order valence-corrected chi connectivity index (χ1v) is 12.6. The molecule has 1 unspecified atom stereocenters. The Hall–Kier alpha value is -2.64. The Balaban J connectivity index is 2.04. The second-order valence-corrected chi connectivity index (χ2v) is 9.83. The molecule has 178 valence electrons. The minimum atomic E-state index is -3.95. The third-order valence-electron chi connectivity index (χ3n) is 5.05. The maximum atomic E-state index is 12.9. The fourth-order valence-electron chi connectivity index (χ4n) is 3.37. The number of aliphatic imine (C=N–C) groups is 1. The minimum Gasteiger partial charge on any atom is -0.0380 e. The molecule has 1 aromatic carbocycles. The van der Waals surface area contributed by atoms with E-state index in [1.165, 1.54) is 18.4 Å². The predicted octanol–water partition coefficient (Wildman–Crippen LogP) is 1.30. The van der Waals surface area contributed by atoms with Gasteiger partial charge in [0.05, 0.1) is 7.11 Å². The summed E-state index contributed by atoms with van der Waals surface area (Å²) >= 11 is 1.23. The van der Waals surface area contributed by atoms with E-state index in [1.807, 2.05) is 0 Å². The SMILES string of the molecule is COc1cc(C)c(S(=O)(=O)NC(N)=NCCCC(NCB=O)C(=O)c2nccs2)c(C)c1C. The molecule has 2 rings (SSSR count). The van der Waals surface area contributed by atoms with Crippen LogP contribution in [0.25, 0.3) is 0 Å². The van der Waals surface area contributed by atoms with E-state index in [0.717, 1.165) is 5.56 Å². The molecule has 0 bridgehead atoms. The summed E-state index contributed by atoms with van der Waals surface area (Å²) in [6, 6.07) is 1.07. The number of sulfonamides is 1. The molecule has 0 radical (unpaired) electrons. The first-order chi connectivity index (χ1) is 15.6. The van der Waals surface area contributed by atoms with Crippen molar-refractivity contribution in [2.45, 2.75) is 44.6 Å². The zero-order valence-corrected chi connectivity index (χ0v) is 20.7. The molecule has 10 nitrogen and oxygen atoms in total. The predicted molar refractivity (Wildman–Crippen MR) is 128 cm³/mol. The fraction of sp³-hybridized carbons (Fsp3) is 0.450. The minimum absolute atomic E-state index is 0.0347. The van der Waals surface area contributed by atoms with E-state index >= 15 is 0 Å². The molecule has 2 aromatic rings. The third kappa shape index (κ3) is 6.92. The summed E-state index contributed by atoms with van der Waals surface area (Å²) in [4.78, 5) is 20.8. The molecule has 0 aliphatic rings. The Kier molecular flexibility index (Phi) is 9.68. The van der Waals surface area contributed by atoms with Gasteiger partial charge < -0.3 is 4.74 Å². The first-order valence-electron chi connectivity index (χ1n) is 10.2. The molecule has 4 N–H and O–H groups in total. The van der Waals surface area contributed by atoms with Crippen molar-refractivity contribution in [1.82, 2.24) is 15.0 Å². The number of hydrogen-bond donors (Lipinski definition) is 3. The van der Waals surface area contributed by atoms with Gasteiger partial charge in [0.2, 0.25) is 0 Å². The summed E-state index contributed by atoms with van der Waals surface area (Å²) in [6.07, 6.45) is 2.40. The standard InChI is InChI=1S/C20H28BN5O5S2/c1-12-10-16(31-4)13(2)14(3)18(12)33(29,30)26-20(22)24-7-5-6-15(25-11-21-28)17(27)19-23-8-9-32-19/h8-10,15,25H,5-7,11H2,1-4H3,(H3,22,24,26). The van der Waals surface area contributed by atoms with Crippen molar-refractivity contribution in [3.05, 3.63) is 39.3 Å². The smallest absolute Gasteiger partial charge is 0.0380 e. The number of nitrogens with two attached hydrogens (primary N) is 1. The van der Waals surface area contributed by atoms with Crippen molar-refractivity contribution in [3.63, 3.8) is 0 Å². The summed E-state index contributed by atoms with van der Waals surface area (Å²) < 4.78 is 44.1. The topological polar surface area (TPSA) is 153 Å². The molecule has 0 fully saturated rings. The molecule has 0 aliphatic carbocycles. The Bertz CT molecular complexity index is 1120. The van der Waals surface area contributed by atoms with Crippen LogP contribution >= 0.6 is 11.3 Å². The van der Waals surface area contributed by atoms with Gasteiger partial charge in [0, 0.05) is 0 Å². The van der Waals surface area contributed by atoms with Gasteiger partial charge in [0.25, 0.3) is 0 Å². The number of carbonyl (C=O) groups is 1. The fourth-order valence-corrected chi connectivity index (χ4v) is 5.48. The van der Waals surface area contributed by atoms with Crippen molar-refractivity contribution in [1.29, 1.82) is 0 Å². The van der Waals surface area contributed by atoms with E-state index < -0.39 is 16.1 Å². The number of aromatic nitrogens is 1. The van der Waals surface area contributed by atoms with Gasteiger partial charge in [-0.2, -0.15) is 0 Å². The van der Waals surface area contributed by atoms with Crippen molar-refractivity contribution >= 4 is 40.3 Å². The number of rotatable bonds is 12. The van der Waals surface area contributed by atoms with E-state index in [-0.39, 0.29) is 29.6 Å². The number of guanidine groups is 1. The van der Waals surface area contributed by atoms with E-state index in [4.69, 9.17) is 10.5 Å². The van der Waals surface area contributed by atoms with Gasteiger partial charge in [0.15, 0.2) is 0 Å². The van der Waals surface area contributed by atoms with Crippen LogP contribution in [0.5, 0.6) is 5.75 Å². The van der Waals surface area contributed by atoms with Crippen molar-refractivity contribution in [2.24, 2.45) is 10.7 Å². The number of nitrogens with zero attached hydrogens (tertiary/aromatic N) is 2. The number of aryl methyl sites for hydroxylation is 1. The average molecular weight is 493 g/mol. The van der Waals surface area contributed by atoms with Gasteiger partial charge in [-0.1, -0.05) is 0 Å². The molecule has 1 heterocycles. The van der Waals surface area contributed by atoms with Crippen LogP contribution < -0.4 is 20.5 Å². The van der Waals surface area contributed by atoms with Crippen molar-refractivity contribution < 1.29 is 22.7 Å². The second kappa shape index (κ2) is 12.0. The Morgan fingerprint density at radius 1 is 1.33 bits per heavy atom. The van der Waals surface area contributed by atoms with E-state index in [2.05, 4.69) is 20.0 Å². The van der Waals surface area contributed by atoms with Gasteiger partial charge >= 0.3 is 148 Å². The molecule has 1 aromatic heterocycles. The number of hydrogen-bond acceptors (Lipinski definition) is 9. The zero-order valence-electron chi connectivity index (χ0n) is 19.0. The summed E-state index contributed by atoms with van der Waals surface area (Å²) in [5.41, 5.74) is 7.64. The molecular formula is C20H28BN5O5S2. The number of carbonyl (C=O) groups excluding carboxylic acids is 1. The van der Waals surface area contributed by atoms with Gasteiger partial charge in [-0.05, 0) is 32.4 Å². The van der Waals surface area contributed by atoms with E-state index in [9.17, 15) is 17.9 Å². The Labute approximate surface area is 198 Å². The maximum absolute atomic E-state index is 12.9. The second-order valence-electron chi connectivity index (χ2n) is 7.32. The van der Waals surface area contributed by atoms with Crippen molar-refractivity contribution in [3.8, 4) is 5.75 Å². The Morgan fingerprint density at radius 3 is 2.67 bits per heavy atom. The monoisotopic (exact) mass is 493 g/mol.